The predicted octanol–water partition coefficient (Wildman–Crippen LogP) is 0.214. The third-order valence-electron chi connectivity index (χ3n) is 2.68. The van der Waals surface area contributed by atoms with E-state index in [1.165, 1.54) is 21.3 Å². The zero-order valence-electron chi connectivity index (χ0n) is 11.8. The summed E-state index contributed by atoms with van der Waals surface area (Å²) in [6.07, 6.45) is 0. The number of primary amides is 1. The standard InChI is InChI=1S/C13H20N2O5/c1-17-10-5-4-8(12(18-2)13(10)19-3)9(14)6-20-7-11(15)16/h4-5,9H,6-7,14H2,1-3H3,(H2,15,16). The largest absolute Gasteiger partial charge is 0.493 e. The summed E-state index contributed by atoms with van der Waals surface area (Å²) in [6.45, 7) is -0.0436. The van der Waals surface area contributed by atoms with Crippen molar-refractivity contribution in [1.82, 2.24) is 0 Å². The molecule has 7 heteroatoms. The molecule has 1 amide bonds. The monoisotopic (exact) mass is 284 g/mol. The van der Waals surface area contributed by atoms with E-state index in [9.17, 15) is 4.79 Å². The van der Waals surface area contributed by atoms with Crippen molar-refractivity contribution in [2.24, 2.45) is 11.5 Å². The van der Waals surface area contributed by atoms with Gasteiger partial charge in [-0.2, -0.15) is 0 Å². The molecule has 1 aromatic rings. The smallest absolute Gasteiger partial charge is 0.243 e. The molecule has 0 saturated carbocycles. The van der Waals surface area contributed by atoms with Gasteiger partial charge < -0.3 is 30.4 Å². The van der Waals surface area contributed by atoms with Gasteiger partial charge in [0.1, 0.15) is 6.61 Å². The van der Waals surface area contributed by atoms with Gasteiger partial charge in [0, 0.05) is 5.56 Å². The van der Waals surface area contributed by atoms with Gasteiger partial charge in [0.25, 0.3) is 0 Å². The molecule has 0 spiro atoms. The van der Waals surface area contributed by atoms with Crippen LogP contribution >= 0.6 is 0 Å². The number of benzene rings is 1. The summed E-state index contributed by atoms with van der Waals surface area (Å²) in [5, 5.41) is 0. The molecule has 112 valence electrons. The average Bonchev–Trinajstić information content (AvgIpc) is 2.44. The number of carbonyl (C=O) groups is 1. The Labute approximate surface area is 117 Å². The summed E-state index contributed by atoms with van der Waals surface area (Å²) >= 11 is 0. The summed E-state index contributed by atoms with van der Waals surface area (Å²) in [5.74, 6) is 0.926. The summed E-state index contributed by atoms with van der Waals surface area (Å²) < 4.78 is 20.9. The van der Waals surface area contributed by atoms with Crippen LogP contribution in [0.4, 0.5) is 0 Å². The molecule has 1 unspecified atom stereocenters. The highest BCUT2D eigenvalue weighted by Gasteiger charge is 2.20. The lowest BCUT2D eigenvalue weighted by Crippen LogP contribution is -2.23. The molecule has 4 N–H and O–H groups in total. The minimum atomic E-state index is -0.545. The molecular weight excluding hydrogens is 264 g/mol. The third-order valence-corrected chi connectivity index (χ3v) is 2.68. The van der Waals surface area contributed by atoms with E-state index >= 15 is 0 Å². The first-order valence-corrected chi connectivity index (χ1v) is 5.95. The lowest BCUT2D eigenvalue weighted by molar-refractivity contribution is -0.122. The molecule has 0 bridgehead atoms. The van der Waals surface area contributed by atoms with E-state index in [2.05, 4.69) is 0 Å². The number of hydrogen-bond acceptors (Lipinski definition) is 6. The van der Waals surface area contributed by atoms with Gasteiger partial charge in [0.15, 0.2) is 11.5 Å². The topological polar surface area (TPSA) is 106 Å². The molecule has 1 aromatic carbocycles. The maximum Gasteiger partial charge on any atom is 0.243 e. The fraction of sp³-hybridized carbons (Fsp3) is 0.462. The van der Waals surface area contributed by atoms with Crippen LogP contribution in [0.3, 0.4) is 0 Å². The number of amides is 1. The van der Waals surface area contributed by atoms with E-state index in [0.717, 1.165) is 0 Å². The van der Waals surface area contributed by atoms with Crippen molar-refractivity contribution in [1.29, 1.82) is 0 Å². The summed E-state index contributed by atoms with van der Waals surface area (Å²) in [6, 6.07) is 3.01. The highest BCUT2D eigenvalue weighted by Crippen LogP contribution is 2.41. The van der Waals surface area contributed by atoms with E-state index < -0.39 is 11.9 Å². The molecule has 0 aromatic heterocycles. The van der Waals surface area contributed by atoms with E-state index in [-0.39, 0.29) is 13.2 Å². The van der Waals surface area contributed by atoms with Crippen LogP contribution in [0.15, 0.2) is 12.1 Å². The zero-order chi connectivity index (χ0) is 15.1. The number of rotatable bonds is 8. The first-order valence-electron chi connectivity index (χ1n) is 5.95. The summed E-state index contributed by atoms with van der Waals surface area (Å²) in [7, 11) is 4.56. The Balaban J connectivity index is 2.96. The Hall–Kier alpha value is -1.99. The molecule has 1 rings (SSSR count). The number of carbonyl (C=O) groups excluding carboxylic acids is 1. The number of ether oxygens (including phenoxy) is 4. The first-order chi connectivity index (χ1) is 9.54. The minimum Gasteiger partial charge on any atom is -0.493 e. The second-order valence-electron chi connectivity index (χ2n) is 4.01. The van der Waals surface area contributed by atoms with Gasteiger partial charge in [-0.1, -0.05) is 0 Å². The van der Waals surface area contributed by atoms with Crippen molar-refractivity contribution in [2.75, 3.05) is 34.5 Å². The Morgan fingerprint density at radius 1 is 1.15 bits per heavy atom. The van der Waals surface area contributed by atoms with Crippen LogP contribution in [0, 0.1) is 0 Å². The highest BCUT2D eigenvalue weighted by molar-refractivity contribution is 5.75. The van der Waals surface area contributed by atoms with Crippen molar-refractivity contribution < 1.29 is 23.7 Å². The van der Waals surface area contributed by atoms with Gasteiger partial charge in [-0.05, 0) is 12.1 Å². The SMILES string of the molecule is COc1ccc(C(N)COCC(N)=O)c(OC)c1OC. The molecule has 0 fully saturated rings. The molecule has 7 nitrogen and oxygen atoms in total. The van der Waals surface area contributed by atoms with E-state index in [1.54, 1.807) is 12.1 Å². The molecule has 0 aliphatic heterocycles. The maximum atomic E-state index is 10.6. The lowest BCUT2D eigenvalue weighted by Gasteiger charge is -2.19. The van der Waals surface area contributed by atoms with Gasteiger partial charge in [-0.15, -0.1) is 0 Å². The zero-order valence-corrected chi connectivity index (χ0v) is 11.8. The van der Waals surface area contributed by atoms with Crippen LogP contribution < -0.4 is 25.7 Å². The Bertz CT molecular complexity index is 464. The van der Waals surface area contributed by atoms with Crippen LogP contribution in [-0.4, -0.2) is 40.5 Å². The van der Waals surface area contributed by atoms with Gasteiger partial charge >= 0.3 is 0 Å². The van der Waals surface area contributed by atoms with Crippen molar-refractivity contribution >= 4 is 5.91 Å². The predicted molar refractivity (Wildman–Crippen MR) is 73.0 cm³/mol. The molecule has 0 aliphatic carbocycles. The van der Waals surface area contributed by atoms with Gasteiger partial charge in [-0.25, -0.2) is 0 Å². The highest BCUT2D eigenvalue weighted by atomic mass is 16.5. The van der Waals surface area contributed by atoms with E-state index in [1.807, 2.05) is 0 Å². The number of hydrogen-bond donors (Lipinski definition) is 2. The molecule has 0 heterocycles. The third kappa shape index (κ3) is 3.75. The Kier molecular flexibility index (Phi) is 6.08. The van der Waals surface area contributed by atoms with Crippen molar-refractivity contribution in [3.8, 4) is 17.2 Å². The Morgan fingerprint density at radius 2 is 1.80 bits per heavy atom. The van der Waals surface area contributed by atoms with Gasteiger partial charge in [0.2, 0.25) is 11.7 Å². The lowest BCUT2D eigenvalue weighted by atomic mass is 10.1. The fourth-order valence-electron chi connectivity index (χ4n) is 1.79. The van der Waals surface area contributed by atoms with E-state index in [0.29, 0.717) is 22.8 Å². The van der Waals surface area contributed by atoms with Crippen LogP contribution in [-0.2, 0) is 9.53 Å². The number of methoxy groups -OCH3 is 3. The molecule has 0 saturated heterocycles. The van der Waals surface area contributed by atoms with Crippen LogP contribution in [0.1, 0.15) is 11.6 Å². The second-order valence-corrected chi connectivity index (χ2v) is 4.01. The minimum absolute atomic E-state index is 0.134. The van der Waals surface area contributed by atoms with Gasteiger partial charge in [-0.3, -0.25) is 4.79 Å². The van der Waals surface area contributed by atoms with Crippen molar-refractivity contribution in [3.63, 3.8) is 0 Å². The van der Waals surface area contributed by atoms with Crippen LogP contribution in [0.25, 0.3) is 0 Å². The normalized spacial score (nSPS) is 11.8. The first kappa shape index (κ1) is 16.1. The van der Waals surface area contributed by atoms with E-state index in [4.69, 9.17) is 30.4 Å². The molecule has 0 aliphatic rings. The molecular formula is C13H20N2O5. The van der Waals surface area contributed by atoms with Crippen molar-refractivity contribution in [3.05, 3.63) is 17.7 Å². The van der Waals surface area contributed by atoms with Gasteiger partial charge in [0.05, 0.1) is 34.0 Å². The maximum absolute atomic E-state index is 10.6. The Morgan fingerprint density at radius 3 is 2.30 bits per heavy atom. The molecule has 0 radical (unpaired) electrons. The fourth-order valence-corrected chi connectivity index (χ4v) is 1.79. The summed E-state index contributed by atoms with van der Waals surface area (Å²) in [4.78, 5) is 10.6. The van der Waals surface area contributed by atoms with Crippen LogP contribution in [0.2, 0.25) is 0 Å². The molecule has 1 atom stereocenters. The van der Waals surface area contributed by atoms with Crippen molar-refractivity contribution in [2.45, 2.75) is 6.04 Å². The van der Waals surface area contributed by atoms with Crippen LogP contribution in [0.5, 0.6) is 17.2 Å². The number of nitrogens with two attached hydrogens (primary N) is 2. The summed E-state index contributed by atoms with van der Waals surface area (Å²) in [5.41, 5.74) is 11.7. The second kappa shape index (κ2) is 7.56. The quantitative estimate of drug-likeness (QED) is 0.707. The molecule has 20 heavy (non-hydrogen) atoms. The average molecular weight is 284 g/mol.